The van der Waals surface area contributed by atoms with Gasteiger partial charge in [-0.25, -0.2) is 4.79 Å². The van der Waals surface area contributed by atoms with E-state index in [-0.39, 0.29) is 11.1 Å². The summed E-state index contributed by atoms with van der Waals surface area (Å²) in [6, 6.07) is 7.19. The van der Waals surface area contributed by atoms with Crippen molar-refractivity contribution in [3.05, 3.63) is 43.8 Å². The molecule has 0 saturated carbocycles. The molecule has 0 bridgehead atoms. The molecule has 88 valence electrons. The third-order valence-corrected chi connectivity index (χ3v) is 3.63. The van der Waals surface area contributed by atoms with Crippen molar-refractivity contribution in [2.45, 2.75) is 0 Å². The molecule has 0 saturated heterocycles. The number of rotatable bonds is 1. The number of nitrogens with zero attached hydrogens (tertiary/aromatic N) is 1. The summed E-state index contributed by atoms with van der Waals surface area (Å²) in [5.74, 6) is -0.500. The van der Waals surface area contributed by atoms with Gasteiger partial charge in [0.2, 0.25) is 5.43 Å². The van der Waals surface area contributed by atoms with Crippen LogP contribution in [0.4, 0.5) is 0 Å². The van der Waals surface area contributed by atoms with E-state index in [1.807, 2.05) is 28.7 Å². The molecule has 1 aromatic heterocycles. The van der Waals surface area contributed by atoms with Crippen LogP contribution in [0.2, 0.25) is 0 Å². The van der Waals surface area contributed by atoms with E-state index in [9.17, 15) is 9.59 Å². The summed E-state index contributed by atoms with van der Waals surface area (Å²) in [6.45, 7) is 0. The fourth-order valence-electron chi connectivity index (χ4n) is 1.77. The Hall–Kier alpha value is -1.37. The first-order valence-corrected chi connectivity index (χ1v) is 6.01. The summed E-state index contributed by atoms with van der Waals surface area (Å²) in [7, 11) is 3.05. The van der Waals surface area contributed by atoms with Crippen LogP contribution in [-0.2, 0) is 11.8 Å². The summed E-state index contributed by atoms with van der Waals surface area (Å²) < 4.78 is 6.77. The highest BCUT2D eigenvalue weighted by atomic mass is 127. The van der Waals surface area contributed by atoms with Crippen LogP contribution in [0.25, 0.3) is 10.9 Å². The first kappa shape index (κ1) is 12.1. The molecule has 0 atom stereocenters. The predicted molar refractivity (Wildman–Crippen MR) is 73.2 cm³/mol. The molecule has 0 fully saturated rings. The zero-order valence-corrected chi connectivity index (χ0v) is 11.5. The first-order valence-electron chi connectivity index (χ1n) is 4.93. The Morgan fingerprint density at radius 2 is 2.00 bits per heavy atom. The average Bonchev–Trinajstić information content (AvgIpc) is 2.36. The molecule has 5 heteroatoms. The third kappa shape index (κ3) is 1.84. The van der Waals surface area contributed by atoms with Crippen molar-refractivity contribution in [1.29, 1.82) is 0 Å². The zero-order valence-electron chi connectivity index (χ0n) is 9.36. The minimum atomic E-state index is -0.500. The number of para-hydroxylation sites is 1. The second kappa shape index (κ2) is 4.48. The van der Waals surface area contributed by atoms with Crippen LogP contribution in [0.15, 0.2) is 29.1 Å². The normalized spacial score (nSPS) is 10.5. The number of pyridine rings is 1. The summed E-state index contributed by atoms with van der Waals surface area (Å²) in [6.07, 6.45) is 0. The molecule has 4 nitrogen and oxygen atoms in total. The summed E-state index contributed by atoms with van der Waals surface area (Å²) >= 11 is 1.88. The highest BCUT2D eigenvalue weighted by molar-refractivity contribution is 14.1. The fourth-order valence-corrected chi connectivity index (χ4v) is 2.65. The molecule has 2 rings (SSSR count). The van der Waals surface area contributed by atoms with Gasteiger partial charge >= 0.3 is 5.97 Å². The number of aryl methyl sites for hydroxylation is 1. The van der Waals surface area contributed by atoms with Gasteiger partial charge in [0.05, 0.1) is 16.2 Å². The van der Waals surface area contributed by atoms with Gasteiger partial charge in [-0.2, -0.15) is 0 Å². The van der Waals surface area contributed by atoms with Crippen LogP contribution in [0.1, 0.15) is 10.5 Å². The minimum absolute atomic E-state index is 0.139. The van der Waals surface area contributed by atoms with Crippen molar-refractivity contribution < 1.29 is 9.53 Å². The van der Waals surface area contributed by atoms with E-state index in [4.69, 9.17) is 4.74 Å². The molecule has 17 heavy (non-hydrogen) atoms. The van der Waals surface area contributed by atoms with Crippen LogP contribution in [-0.4, -0.2) is 17.6 Å². The highest BCUT2D eigenvalue weighted by Crippen LogP contribution is 2.17. The molecule has 0 N–H and O–H groups in total. The largest absolute Gasteiger partial charge is 0.464 e. The smallest absolute Gasteiger partial charge is 0.355 e. The van der Waals surface area contributed by atoms with Crippen LogP contribution in [0, 0.1) is 3.57 Å². The van der Waals surface area contributed by atoms with Gasteiger partial charge in [0.1, 0.15) is 5.69 Å². The lowest BCUT2D eigenvalue weighted by atomic mass is 10.2. The molecule has 0 aliphatic carbocycles. The predicted octanol–water partition coefficient (Wildman–Crippen LogP) is 1.93. The van der Waals surface area contributed by atoms with Gasteiger partial charge in [-0.3, -0.25) is 4.79 Å². The molecule has 1 heterocycles. The number of carbonyl (C=O) groups excluding carboxylic acids is 1. The average molecular weight is 343 g/mol. The zero-order chi connectivity index (χ0) is 12.6. The molecule has 0 spiro atoms. The summed E-state index contributed by atoms with van der Waals surface area (Å²) in [4.78, 5) is 23.8. The number of halogens is 1. The van der Waals surface area contributed by atoms with E-state index in [1.165, 1.54) is 7.11 Å². The molecular weight excluding hydrogens is 333 g/mol. The second-order valence-corrected chi connectivity index (χ2v) is 4.64. The number of aromatic nitrogens is 1. The van der Waals surface area contributed by atoms with E-state index in [0.29, 0.717) is 8.96 Å². The number of esters is 1. The van der Waals surface area contributed by atoms with E-state index in [0.717, 1.165) is 5.52 Å². The maximum absolute atomic E-state index is 12.1. The van der Waals surface area contributed by atoms with Crippen molar-refractivity contribution in [1.82, 2.24) is 4.57 Å². The Balaban J connectivity index is 2.97. The molecule has 2 aromatic rings. The number of carbonyl (C=O) groups is 1. The van der Waals surface area contributed by atoms with Crippen molar-refractivity contribution in [3.63, 3.8) is 0 Å². The van der Waals surface area contributed by atoms with Gasteiger partial charge < -0.3 is 9.30 Å². The molecule has 0 unspecified atom stereocenters. The lowest BCUT2D eigenvalue weighted by Crippen LogP contribution is -2.21. The van der Waals surface area contributed by atoms with Crippen molar-refractivity contribution in [2.75, 3.05) is 7.11 Å². The first-order chi connectivity index (χ1) is 8.07. The maximum atomic E-state index is 12.1. The topological polar surface area (TPSA) is 48.3 Å². The van der Waals surface area contributed by atoms with E-state index in [2.05, 4.69) is 0 Å². The lowest BCUT2D eigenvalue weighted by molar-refractivity contribution is 0.0588. The number of fused-ring (bicyclic) bond motifs is 1. The number of methoxy groups -OCH3 is 1. The monoisotopic (exact) mass is 343 g/mol. The standard InChI is InChI=1S/C12H10INO3/c1-14-8-6-4-3-5-7(8)11(15)9(13)10(14)12(16)17-2/h3-6H,1-2H3. The Morgan fingerprint density at radius 3 is 2.65 bits per heavy atom. The summed E-state index contributed by atoms with van der Waals surface area (Å²) in [5.41, 5.74) is 0.870. The molecule has 0 aliphatic heterocycles. The van der Waals surface area contributed by atoms with E-state index < -0.39 is 5.97 Å². The highest BCUT2D eigenvalue weighted by Gasteiger charge is 2.19. The van der Waals surface area contributed by atoms with Crippen LogP contribution in [0.5, 0.6) is 0 Å². The SMILES string of the molecule is COC(=O)c1c(I)c(=O)c2ccccc2n1C. The van der Waals surface area contributed by atoms with Crippen LogP contribution >= 0.6 is 22.6 Å². The molecular formula is C12H10INO3. The Labute approximate surface area is 111 Å². The van der Waals surface area contributed by atoms with Gasteiger partial charge in [0, 0.05) is 12.4 Å². The van der Waals surface area contributed by atoms with Gasteiger partial charge in [-0.1, -0.05) is 12.1 Å². The fraction of sp³-hybridized carbons (Fsp3) is 0.167. The van der Waals surface area contributed by atoms with Crippen LogP contribution < -0.4 is 5.43 Å². The summed E-state index contributed by atoms with van der Waals surface area (Å²) in [5, 5.41) is 0.604. The molecule has 1 aromatic carbocycles. The van der Waals surface area contributed by atoms with E-state index >= 15 is 0 Å². The van der Waals surface area contributed by atoms with Crippen LogP contribution in [0.3, 0.4) is 0 Å². The molecule has 0 radical (unpaired) electrons. The maximum Gasteiger partial charge on any atom is 0.355 e. The van der Waals surface area contributed by atoms with E-state index in [1.54, 1.807) is 29.8 Å². The second-order valence-electron chi connectivity index (χ2n) is 3.56. The number of ether oxygens (including phenoxy) is 1. The Kier molecular flexibility index (Phi) is 3.19. The number of hydrogen-bond acceptors (Lipinski definition) is 3. The molecule has 0 amide bonds. The quantitative estimate of drug-likeness (QED) is 0.587. The molecule has 0 aliphatic rings. The van der Waals surface area contributed by atoms with Crippen molar-refractivity contribution in [3.8, 4) is 0 Å². The Bertz CT molecular complexity index is 661. The number of benzene rings is 1. The third-order valence-electron chi connectivity index (χ3n) is 2.63. The van der Waals surface area contributed by atoms with Gasteiger partial charge in [0.15, 0.2) is 0 Å². The van der Waals surface area contributed by atoms with Gasteiger partial charge in [-0.05, 0) is 34.7 Å². The van der Waals surface area contributed by atoms with Crippen molar-refractivity contribution >= 4 is 39.5 Å². The Morgan fingerprint density at radius 1 is 1.35 bits per heavy atom. The lowest BCUT2D eigenvalue weighted by Gasteiger charge is -2.12. The minimum Gasteiger partial charge on any atom is -0.464 e. The van der Waals surface area contributed by atoms with Gasteiger partial charge in [0.25, 0.3) is 0 Å². The van der Waals surface area contributed by atoms with Gasteiger partial charge in [-0.15, -0.1) is 0 Å². The van der Waals surface area contributed by atoms with Crippen molar-refractivity contribution in [2.24, 2.45) is 7.05 Å². The number of hydrogen-bond donors (Lipinski definition) is 0.